The van der Waals surface area contributed by atoms with Gasteiger partial charge in [0.15, 0.2) is 7.28 Å². The van der Waals surface area contributed by atoms with E-state index < -0.39 is 0 Å². The van der Waals surface area contributed by atoms with Gasteiger partial charge in [-0.3, -0.25) is 0 Å². The van der Waals surface area contributed by atoms with Crippen molar-refractivity contribution in [1.82, 2.24) is 19.9 Å². The van der Waals surface area contributed by atoms with Crippen LogP contribution in [0, 0.1) is 30.6 Å². The molecule has 0 saturated heterocycles. The molecule has 8 bridgehead atoms. The van der Waals surface area contributed by atoms with Crippen molar-refractivity contribution < 1.29 is 0 Å². The van der Waals surface area contributed by atoms with Gasteiger partial charge in [-0.1, -0.05) is 194 Å². The van der Waals surface area contributed by atoms with Gasteiger partial charge in [0.05, 0.1) is 44.9 Å². The van der Waals surface area contributed by atoms with Crippen LogP contribution in [0.15, 0.2) is 91.0 Å². The summed E-state index contributed by atoms with van der Waals surface area (Å²) in [6.07, 6.45) is 33.1. The Balaban J connectivity index is 1.18. The molecular formula is C67H75BN5. The van der Waals surface area contributed by atoms with E-state index in [1.807, 2.05) is 0 Å². The lowest BCUT2D eigenvalue weighted by molar-refractivity contribution is 0.575. The SMILES string of the molecule is CCCCCCCCCCc1c2nc(c(C#Cc3ccc(C)cc3)c3nc(c(CCCCCCCCCC)c4ccc([nH]4)c(C#Cc4ccc5c(c4)[B]c4ccccc4N5CCCC)c4ccc1[nH]4)C=C3)C=C2. The zero-order valence-corrected chi connectivity index (χ0v) is 44.2. The summed E-state index contributed by atoms with van der Waals surface area (Å²) in [6, 6.07) is 32.9. The third kappa shape index (κ3) is 13.1. The van der Waals surface area contributed by atoms with Crippen LogP contribution in [0.4, 0.5) is 11.4 Å². The van der Waals surface area contributed by atoms with E-state index in [9.17, 15) is 0 Å². The second-order valence-electron chi connectivity index (χ2n) is 20.5. The fraction of sp³-hybridized carbons (Fsp3) is 0.373. The van der Waals surface area contributed by atoms with Gasteiger partial charge in [-0.2, -0.15) is 0 Å². The van der Waals surface area contributed by atoms with Gasteiger partial charge >= 0.3 is 0 Å². The molecule has 73 heavy (non-hydrogen) atoms. The first-order valence-corrected chi connectivity index (χ1v) is 28.1. The highest BCUT2D eigenvalue weighted by atomic mass is 15.1. The number of nitrogens with zero attached hydrogens (tertiary/aromatic N) is 3. The van der Waals surface area contributed by atoms with Gasteiger partial charge in [0.2, 0.25) is 0 Å². The van der Waals surface area contributed by atoms with Crippen LogP contribution in [0.3, 0.4) is 0 Å². The number of unbranched alkanes of at least 4 members (excludes halogenated alkanes) is 15. The van der Waals surface area contributed by atoms with Gasteiger partial charge in [-0.15, -0.1) is 0 Å². The van der Waals surface area contributed by atoms with Gasteiger partial charge in [-0.25, -0.2) is 9.97 Å². The van der Waals surface area contributed by atoms with E-state index in [2.05, 4.69) is 189 Å². The van der Waals surface area contributed by atoms with Crippen LogP contribution in [-0.4, -0.2) is 33.8 Å². The van der Waals surface area contributed by atoms with E-state index in [4.69, 9.17) is 9.97 Å². The number of aryl methyl sites for hydroxylation is 3. The van der Waals surface area contributed by atoms with Crippen molar-refractivity contribution in [2.75, 3.05) is 11.4 Å². The Hall–Kier alpha value is -6.76. The number of rotatable bonds is 21. The summed E-state index contributed by atoms with van der Waals surface area (Å²) in [4.78, 5) is 21.2. The molecular weight excluding hydrogens is 886 g/mol. The van der Waals surface area contributed by atoms with E-state index in [-0.39, 0.29) is 0 Å². The summed E-state index contributed by atoms with van der Waals surface area (Å²) in [7, 11) is 2.32. The smallest absolute Gasteiger partial charge is 0.197 e. The summed E-state index contributed by atoms with van der Waals surface area (Å²) in [6.45, 7) is 9.95. The molecule has 6 heteroatoms. The molecule has 0 saturated carbocycles. The highest BCUT2D eigenvalue weighted by molar-refractivity contribution is 6.71. The molecule has 0 amide bonds. The van der Waals surface area contributed by atoms with Crippen molar-refractivity contribution in [3.63, 3.8) is 0 Å². The molecule has 2 N–H and O–H groups in total. The molecule has 3 aliphatic heterocycles. The van der Waals surface area contributed by atoms with Gasteiger partial charge in [0.1, 0.15) is 0 Å². The molecule has 0 unspecified atom stereocenters. The number of benzene rings is 3. The van der Waals surface area contributed by atoms with Crippen LogP contribution in [0.5, 0.6) is 0 Å². The Labute approximate surface area is 437 Å². The maximum absolute atomic E-state index is 5.45. The lowest BCUT2D eigenvalue weighted by Gasteiger charge is -2.33. The maximum atomic E-state index is 5.45. The first kappa shape index (κ1) is 51.2. The van der Waals surface area contributed by atoms with Crippen LogP contribution >= 0.6 is 0 Å². The van der Waals surface area contributed by atoms with Crippen LogP contribution in [0.1, 0.15) is 198 Å². The van der Waals surface area contributed by atoms with E-state index in [0.717, 1.165) is 112 Å². The van der Waals surface area contributed by atoms with Crippen LogP contribution in [0.25, 0.3) is 46.4 Å². The van der Waals surface area contributed by atoms with Crippen molar-refractivity contribution >= 4 is 76.0 Å². The Bertz CT molecular complexity index is 3090. The molecule has 3 aromatic heterocycles. The third-order valence-electron chi connectivity index (χ3n) is 14.8. The average Bonchev–Trinajstić information content (AvgIpc) is 4.27. The van der Waals surface area contributed by atoms with Crippen molar-refractivity contribution in [1.29, 1.82) is 0 Å². The predicted molar refractivity (Wildman–Crippen MR) is 314 cm³/mol. The number of para-hydroxylation sites is 1. The first-order chi connectivity index (χ1) is 36.0. The second kappa shape index (κ2) is 25.8. The highest BCUT2D eigenvalue weighted by Crippen LogP contribution is 2.30. The predicted octanol–water partition coefficient (Wildman–Crippen LogP) is 16.0. The topological polar surface area (TPSA) is 60.6 Å². The van der Waals surface area contributed by atoms with Gasteiger partial charge < -0.3 is 14.9 Å². The minimum absolute atomic E-state index is 0.853. The number of fused-ring (bicyclic) bond motifs is 10. The van der Waals surface area contributed by atoms with Crippen molar-refractivity contribution in [2.24, 2.45) is 0 Å². The minimum atomic E-state index is 0.853. The largest absolute Gasteiger partial charge is 0.354 e. The number of H-pyrrole nitrogens is 2. The first-order valence-electron chi connectivity index (χ1n) is 28.1. The molecule has 0 fully saturated rings. The summed E-state index contributed by atoms with van der Waals surface area (Å²) < 4.78 is 0. The number of aromatic amines is 2. The van der Waals surface area contributed by atoms with E-state index in [1.165, 1.54) is 129 Å². The Kier molecular flexibility index (Phi) is 18.1. The zero-order chi connectivity index (χ0) is 50.2. The molecule has 6 aromatic rings. The number of hydrogen-bond donors (Lipinski definition) is 2. The second-order valence-corrected chi connectivity index (χ2v) is 20.5. The third-order valence-corrected chi connectivity index (χ3v) is 14.8. The number of anilines is 2. The normalized spacial score (nSPS) is 12.2. The van der Waals surface area contributed by atoms with E-state index >= 15 is 0 Å². The van der Waals surface area contributed by atoms with Crippen LogP contribution < -0.4 is 15.8 Å². The quantitative estimate of drug-likeness (QED) is 0.0429. The minimum Gasteiger partial charge on any atom is -0.354 e. The van der Waals surface area contributed by atoms with E-state index in [0.29, 0.717) is 0 Å². The molecule has 0 atom stereocenters. The van der Waals surface area contributed by atoms with Crippen LogP contribution in [-0.2, 0) is 12.8 Å². The fourth-order valence-electron chi connectivity index (χ4n) is 10.6. The summed E-state index contributed by atoms with van der Waals surface area (Å²) in [5.41, 5.74) is 20.2. The van der Waals surface area contributed by atoms with Gasteiger partial charge in [0, 0.05) is 51.2 Å². The number of nitrogens with one attached hydrogen (secondary N) is 2. The molecule has 6 heterocycles. The molecule has 5 nitrogen and oxygen atoms in total. The Morgan fingerprint density at radius 3 is 1.51 bits per heavy atom. The number of aromatic nitrogens is 4. The molecule has 0 aliphatic carbocycles. The lowest BCUT2D eigenvalue weighted by atomic mass is 9.60. The number of hydrogen-bond acceptors (Lipinski definition) is 3. The van der Waals surface area contributed by atoms with E-state index in [1.54, 1.807) is 0 Å². The van der Waals surface area contributed by atoms with Gasteiger partial charge in [-0.05, 0) is 118 Å². The summed E-state index contributed by atoms with van der Waals surface area (Å²) in [5.74, 6) is 14.5. The van der Waals surface area contributed by atoms with Crippen molar-refractivity contribution in [2.45, 2.75) is 156 Å². The standard InChI is InChI=1S/C67H75BN5/c1-5-8-11-13-15-17-19-21-25-52-58-38-42-62(69-58)54(36-33-50-31-29-49(4)30-32-50)63-43-39-59(70-63)53(26-22-20-18-16-14-12-9-6-2)61-41-45-65(72-61)55(64-44-40-60(52)71-64)37-34-51-35-46-67-57(48-51)68-56-27-23-24-28-66(56)73(67)47-10-7-3/h23-24,27-32,35,38-46,48,71-72H,5-22,25-26,47H2,1-4H3. The van der Waals surface area contributed by atoms with Crippen LogP contribution in [0.2, 0.25) is 0 Å². The maximum Gasteiger partial charge on any atom is 0.197 e. The van der Waals surface area contributed by atoms with Crippen molar-refractivity contribution in [3.05, 3.63) is 153 Å². The summed E-state index contributed by atoms with van der Waals surface area (Å²) in [5, 5.41) is 0. The Morgan fingerprint density at radius 1 is 0.438 bits per heavy atom. The average molecular weight is 961 g/mol. The molecule has 9 rings (SSSR count). The lowest BCUT2D eigenvalue weighted by Crippen LogP contribution is -2.42. The fourth-order valence-corrected chi connectivity index (χ4v) is 10.6. The molecule has 3 aromatic carbocycles. The van der Waals surface area contributed by atoms with Gasteiger partial charge in [0.25, 0.3) is 0 Å². The monoisotopic (exact) mass is 961 g/mol. The highest BCUT2D eigenvalue weighted by Gasteiger charge is 2.23. The molecule has 371 valence electrons. The van der Waals surface area contributed by atoms with Crippen molar-refractivity contribution in [3.8, 4) is 23.7 Å². The summed E-state index contributed by atoms with van der Waals surface area (Å²) >= 11 is 0. The molecule has 3 aliphatic rings. The molecule has 1 radical (unpaired) electrons. The zero-order valence-electron chi connectivity index (χ0n) is 44.2. The Morgan fingerprint density at radius 2 is 0.918 bits per heavy atom. The molecule has 0 spiro atoms.